The molecule has 1 unspecified atom stereocenters. The van der Waals surface area contributed by atoms with Gasteiger partial charge in [-0.3, -0.25) is 4.79 Å². The predicted molar refractivity (Wildman–Crippen MR) is 64.8 cm³/mol. The summed E-state index contributed by atoms with van der Waals surface area (Å²) in [6.07, 6.45) is 4.69. The van der Waals surface area contributed by atoms with Gasteiger partial charge in [-0.25, -0.2) is 0 Å². The molecule has 0 spiro atoms. The van der Waals surface area contributed by atoms with Crippen molar-refractivity contribution in [1.29, 1.82) is 0 Å². The fourth-order valence-electron chi connectivity index (χ4n) is 2.69. The highest BCUT2D eigenvalue weighted by molar-refractivity contribution is 5.72. The van der Waals surface area contributed by atoms with E-state index < -0.39 is 0 Å². The lowest BCUT2D eigenvalue weighted by molar-refractivity contribution is -0.149. The third-order valence-electron chi connectivity index (χ3n) is 3.69. The van der Waals surface area contributed by atoms with Gasteiger partial charge in [0.1, 0.15) is 0 Å². The van der Waals surface area contributed by atoms with Crippen LogP contribution in [0, 0.1) is 5.92 Å². The Morgan fingerprint density at radius 2 is 2.12 bits per heavy atom. The zero-order valence-electron chi connectivity index (χ0n) is 10.7. The van der Waals surface area contributed by atoms with Crippen LogP contribution in [0.5, 0.6) is 0 Å². The summed E-state index contributed by atoms with van der Waals surface area (Å²) < 4.78 is 10.7. The molecule has 0 bridgehead atoms. The number of hydrogen-bond acceptors (Lipinski definition) is 4. The minimum absolute atomic E-state index is 0.00994. The number of rotatable bonds is 4. The van der Waals surface area contributed by atoms with Crippen LogP contribution in [-0.2, 0) is 14.3 Å². The Bertz CT molecular complexity index is 243. The SMILES string of the molecule is CCOC(=O)C1CCN(CC2CCCO2)CC1. The van der Waals surface area contributed by atoms with E-state index >= 15 is 0 Å². The van der Waals surface area contributed by atoms with E-state index in [1.54, 1.807) is 0 Å². The van der Waals surface area contributed by atoms with Crippen molar-refractivity contribution in [1.82, 2.24) is 4.90 Å². The van der Waals surface area contributed by atoms with Crippen molar-refractivity contribution in [2.45, 2.75) is 38.7 Å². The van der Waals surface area contributed by atoms with E-state index in [1.165, 1.54) is 12.8 Å². The summed E-state index contributed by atoms with van der Waals surface area (Å²) in [5.41, 5.74) is 0. The fraction of sp³-hybridized carbons (Fsp3) is 0.923. The Labute approximate surface area is 103 Å². The summed E-state index contributed by atoms with van der Waals surface area (Å²) in [6.45, 7) is 6.33. The molecule has 0 N–H and O–H groups in total. The molecule has 98 valence electrons. The van der Waals surface area contributed by atoms with Crippen molar-refractivity contribution in [3.63, 3.8) is 0 Å². The normalized spacial score (nSPS) is 27.2. The summed E-state index contributed by atoms with van der Waals surface area (Å²) in [5, 5.41) is 0. The van der Waals surface area contributed by atoms with Crippen LogP contribution < -0.4 is 0 Å². The second-order valence-electron chi connectivity index (χ2n) is 4.96. The molecule has 0 radical (unpaired) electrons. The van der Waals surface area contributed by atoms with Crippen LogP contribution in [0.15, 0.2) is 0 Å². The zero-order chi connectivity index (χ0) is 12.1. The highest BCUT2D eigenvalue weighted by atomic mass is 16.5. The zero-order valence-corrected chi connectivity index (χ0v) is 10.7. The third-order valence-corrected chi connectivity index (χ3v) is 3.69. The number of esters is 1. The van der Waals surface area contributed by atoms with E-state index in [4.69, 9.17) is 9.47 Å². The van der Waals surface area contributed by atoms with Crippen LogP contribution >= 0.6 is 0 Å². The molecule has 4 nitrogen and oxygen atoms in total. The number of hydrogen-bond donors (Lipinski definition) is 0. The molecule has 2 rings (SSSR count). The molecular weight excluding hydrogens is 218 g/mol. The van der Waals surface area contributed by atoms with E-state index in [2.05, 4.69) is 4.90 Å². The van der Waals surface area contributed by atoms with Crippen LogP contribution in [0.25, 0.3) is 0 Å². The second kappa shape index (κ2) is 6.36. The van der Waals surface area contributed by atoms with Crippen molar-refractivity contribution in [3.8, 4) is 0 Å². The Hall–Kier alpha value is -0.610. The average molecular weight is 241 g/mol. The molecule has 1 atom stereocenters. The van der Waals surface area contributed by atoms with Gasteiger partial charge in [-0.2, -0.15) is 0 Å². The molecule has 2 fully saturated rings. The van der Waals surface area contributed by atoms with Crippen molar-refractivity contribution < 1.29 is 14.3 Å². The number of nitrogens with zero attached hydrogens (tertiary/aromatic N) is 1. The monoisotopic (exact) mass is 241 g/mol. The molecule has 2 saturated heterocycles. The first-order valence-electron chi connectivity index (χ1n) is 6.80. The smallest absolute Gasteiger partial charge is 0.309 e. The Morgan fingerprint density at radius 1 is 1.35 bits per heavy atom. The van der Waals surface area contributed by atoms with E-state index in [9.17, 15) is 4.79 Å². The molecule has 2 aliphatic heterocycles. The number of ether oxygens (including phenoxy) is 2. The van der Waals surface area contributed by atoms with Crippen LogP contribution in [0.3, 0.4) is 0 Å². The van der Waals surface area contributed by atoms with Gasteiger partial charge < -0.3 is 14.4 Å². The van der Waals surface area contributed by atoms with Gasteiger partial charge in [-0.15, -0.1) is 0 Å². The summed E-state index contributed by atoms with van der Waals surface area (Å²) in [6, 6.07) is 0. The van der Waals surface area contributed by atoms with Gasteiger partial charge in [0.25, 0.3) is 0 Å². The molecule has 0 saturated carbocycles. The second-order valence-corrected chi connectivity index (χ2v) is 4.96. The molecule has 4 heteroatoms. The lowest BCUT2D eigenvalue weighted by Crippen LogP contribution is -2.40. The van der Waals surface area contributed by atoms with E-state index in [0.717, 1.165) is 39.1 Å². The summed E-state index contributed by atoms with van der Waals surface area (Å²) in [5.74, 6) is 0.111. The maximum absolute atomic E-state index is 11.6. The van der Waals surface area contributed by atoms with Gasteiger partial charge in [-0.05, 0) is 45.7 Å². The average Bonchev–Trinajstić information content (AvgIpc) is 2.83. The minimum Gasteiger partial charge on any atom is -0.466 e. The molecular formula is C13H23NO3. The highest BCUT2D eigenvalue weighted by Gasteiger charge is 2.27. The number of likely N-dealkylation sites (tertiary alicyclic amines) is 1. The van der Waals surface area contributed by atoms with E-state index in [1.807, 2.05) is 6.92 Å². The van der Waals surface area contributed by atoms with Crippen molar-refractivity contribution >= 4 is 5.97 Å². The molecule has 0 amide bonds. The van der Waals surface area contributed by atoms with Crippen LogP contribution in [0.1, 0.15) is 32.6 Å². The minimum atomic E-state index is -0.00994. The maximum atomic E-state index is 11.6. The first-order valence-corrected chi connectivity index (χ1v) is 6.80. The van der Waals surface area contributed by atoms with Crippen molar-refractivity contribution in [3.05, 3.63) is 0 Å². The lowest BCUT2D eigenvalue weighted by atomic mass is 9.96. The molecule has 2 heterocycles. The van der Waals surface area contributed by atoms with Crippen molar-refractivity contribution in [2.24, 2.45) is 5.92 Å². The first-order chi connectivity index (χ1) is 8.29. The quantitative estimate of drug-likeness (QED) is 0.698. The Kier molecular flexibility index (Phi) is 4.80. The lowest BCUT2D eigenvalue weighted by Gasteiger charge is -2.32. The topological polar surface area (TPSA) is 38.8 Å². The van der Waals surface area contributed by atoms with E-state index in [-0.39, 0.29) is 11.9 Å². The van der Waals surface area contributed by atoms with Gasteiger partial charge >= 0.3 is 5.97 Å². The van der Waals surface area contributed by atoms with E-state index in [0.29, 0.717) is 12.7 Å². The Morgan fingerprint density at radius 3 is 2.71 bits per heavy atom. The largest absolute Gasteiger partial charge is 0.466 e. The number of carbonyl (C=O) groups is 1. The van der Waals surface area contributed by atoms with Crippen LogP contribution in [-0.4, -0.2) is 49.8 Å². The van der Waals surface area contributed by atoms with Gasteiger partial charge in [0, 0.05) is 13.2 Å². The van der Waals surface area contributed by atoms with Gasteiger partial charge in [0.2, 0.25) is 0 Å². The maximum Gasteiger partial charge on any atom is 0.309 e. The fourth-order valence-corrected chi connectivity index (χ4v) is 2.69. The standard InChI is InChI=1S/C13H23NO3/c1-2-16-13(15)11-5-7-14(8-6-11)10-12-4-3-9-17-12/h11-12H,2-10H2,1H3. The molecule has 0 aromatic rings. The van der Waals surface area contributed by atoms with Gasteiger partial charge in [0.05, 0.1) is 18.6 Å². The first kappa shape index (κ1) is 12.8. The van der Waals surface area contributed by atoms with Gasteiger partial charge in [-0.1, -0.05) is 0 Å². The van der Waals surface area contributed by atoms with Crippen LogP contribution in [0.2, 0.25) is 0 Å². The highest BCUT2D eigenvalue weighted by Crippen LogP contribution is 2.21. The third kappa shape index (κ3) is 3.68. The molecule has 0 aromatic carbocycles. The predicted octanol–water partition coefficient (Wildman–Crippen LogP) is 1.44. The molecule has 0 aliphatic carbocycles. The van der Waals surface area contributed by atoms with Crippen molar-refractivity contribution in [2.75, 3.05) is 32.8 Å². The summed E-state index contributed by atoms with van der Waals surface area (Å²) >= 11 is 0. The molecule has 2 aliphatic rings. The molecule has 17 heavy (non-hydrogen) atoms. The number of piperidine rings is 1. The summed E-state index contributed by atoms with van der Waals surface area (Å²) in [4.78, 5) is 14.0. The Balaban J connectivity index is 1.68. The number of carbonyl (C=O) groups excluding carboxylic acids is 1. The van der Waals surface area contributed by atoms with Crippen LogP contribution in [0.4, 0.5) is 0 Å². The molecule has 0 aromatic heterocycles. The summed E-state index contributed by atoms with van der Waals surface area (Å²) in [7, 11) is 0. The van der Waals surface area contributed by atoms with Gasteiger partial charge in [0.15, 0.2) is 0 Å².